The maximum Gasteiger partial charge on any atom is 0.160 e. The van der Waals surface area contributed by atoms with Crippen LogP contribution in [-0.2, 0) is 5.41 Å². The second kappa shape index (κ2) is 13.8. The van der Waals surface area contributed by atoms with Crippen LogP contribution in [0.5, 0.6) is 0 Å². The number of nitrogens with zero attached hydrogens (tertiary/aromatic N) is 4. The molecule has 0 spiro atoms. The second-order valence-electron chi connectivity index (χ2n) is 15.9. The van der Waals surface area contributed by atoms with Crippen LogP contribution < -0.4 is 0 Å². The Morgan fingerprint density at radius 1 is 0.441 bits per heavy atom. The van der Waals surface area contributed by atoms with Crippen LogP contribution in [-0.4, -0.2) is 19.9 Å². The van der Waals surface area contributed by atoms with Gasteiger partial charge in [-0.1, -0.05) is 178 Å². The molecule has 1 aliphatic rings. The van der Waals surface area contributed by atoms with Crippen molar-refractivity contribution >= 4 is 21.7 Å². The molecule has 0 radical (unpaired) electrons. The fourth-order valence-electron chi connectivity index (χ4n) is 8.99. The van der Waals surface area contributed by atoms with Crippen LogP contribution in [0.15, 0.2) is 194 Å². The minimum Gasteiger partial charge on any atom is -0.264 e. The molecule has 1 aliphatic carbocycles. The minimum atomic E-state index is -0.239. The number of pyridine rings is 2. The van der Waals surface area contributed by atoms with Gasteiger partial charge < -0.3 is 0 Å². The number of benzene rings is 7. The van der Waals surface area contributed by atoms with Crippen molar-refractivity contribution in [1.82, 2.24) is 19.9 Å². The molecule has 278 valence electrons. The standard InChI is InChI=1S/C55H38N4/c1-55(2)46-17-9-8-16-45(46)53-52(55)50(51-44-15-7-6-13-38(44)30-31-47(51)57-53)41-26-24-40(25-27-41)49-33-48(39-22-18-37(19-23-39)43-14-10-32-56-34-43)58-54(59-49)42-28-20-36(21-29-42)35-11-4-3-5-12-35/h3-34H,1-2H3. The van der Waals surface area contributed by atoms with E-state index in [0.717, 1.165) is 61.5 Å². The maximum atomic E-state index is 5.40. The summed E-state index contributed by atoms with van der Waals surface area (Å²) in [6, 6.07) is 64.5. The lowest BCUT2D eigenvalue weighted by Gasteiger charge is -2.25. The topological polar surface area (TPSA) is 51.6 Å². The van der Waals surface area contributed by atoms with Crippen LogP contribution in [0.2, 0.25) is 0 Å². The maximum absolute atomic E-state index is 5.40. The molecule has 0 saturated heterocycles. The van der Waals surface area contributed by atoms with Gasteiger partial charge in [0.1, 0.15) is 0 Å². The predicted molar refractivity (Wildman–Crippen MR) is 243 cm³/mol. The third-order valence-corrected chi connectivity index (χ3v) is 12.0. The van der Waals surface area contributed by atoms with Gasteiger partial charge in [0, 0.05) is 45.4 Å². The molecule has 0 amide bonds. The smallest absolute Gasteiger partial charge is 0.160 e. The lowest BCUT2D eigenvalue weighted by Crippen LogP contribution is -2.16. The molecule has 0 bridgehead atoms. The normalized spacial score (nSPS) is 12.7. The van der Waals surface area contributed by atoms with E-state index in [2.05, 4.69) is 189 Å². The van der Waals surface area contributed by atoms with E-state index in [1.54, 1.807) is 6.20 Å². The van der Waals surface area contributed by atoms with Gasteiger partial charge in [-0.25, -0.2) is 15.0 Å². The summed E-state index contributed by atoms with van der Waals surface area (Å²) in [5.41, 5.74) is 17.3. The zero-order valence-electron chi connectivity index (χ0n) is 32.8. The van der Waals surface area contributed by atoms with Gasteiger partial charge in [-0.2, -0.15) is 0 Å². The first-order valence-electron chi connectivity index (χ1n) is 20.1. The van der Waals surface area contributed by atoms with Crippen molar-refractivity contribution in [2.45, 2.75) is 19.3 Å². The third kappa shape index (κ3) is 5.92. The Hall–Kier alpha value is -7.56. The van der Waals surface area contributed by atoms with Gasteiger partial charge in [0.25, 0.3) is 0 Å². The lowest BCUT2D eigenvalue weighted by atomic mass is 9.78. The highest BCUT2D eigenvalue weighted by Gasteiger charge is 2.39. The molecule has 0 saturated carbocycles. The second-order valence-corrected chi connectivity index (χ2v) is 15.9. The van der Waals surface area contributed by atoms with E-state index in [0.29, 0.717) is 5.82 Å². The van der Waals surface area contributed by atoms with E-state index in [1.807, 2.05) is 18.3 Å². The molecule has 3 heterocycles. The van der Waals surface area contributed by atoms with Crippen molar-refractivity contribution in [3.05, 3.63) is 206 Å². The van der Waals surface area contributed by atoms with Crippen molar-refractivity contribution < 1.29 is 0 Å². The molecule has 7 aromatic carbocycles. The van der Waals surface area contributed by atoms with Gasteiger partial charge in [-0.15, -0.1) is 0 Å². The largest absolute Gasteiger partial charge is 0.264 e. The molecule has 4 nitrogen and oxygen atoms in total. The zero-order valence-corrected chi connectivity index (χ0v) is 32.8. The van der Waals surface area contributed by atoms with Gasteiger partial charge in [-0.05, 0) is 73.5 Å². The van der Waals surface area contributed by atoms with E-state index in [4.69, 9.17) is 15.0 Å². The van der Waals surface area contributed by atoms with Crippen molar-refractivity contribution in [3.8, 4) is 78.5 Å². The minimum absolute atomic E-state index is 0.239. The van der Waals surface area contributed by atoms with Crippen LogP contribution in [0.3, 0.4) is 0 Å². The lowest BCUT2D eigenvalue weighted by molar-refractivity contribution is 0.662. The van der Waals surface area contributed by atoms with Crippen molar-refractivity contribution in [2.75, 3.05) is 0 Å². The van der Waals surface area contributed by atoms with Gasteiger partial charge in [0.2, 0.25) is 0 Å². The van der Waals surface area contributed by atoms with Crippen LogP contribution in [0.25, 0.3) is 100 Å². The summed E-state index contributed by atoms with van der Waals surface area (Å²) < 4.78 is 0. The average Bonchev–Trinajstić information content (AvgIpc) is 3.54. The molecule has 11 rings (SSSR count). The summed E-state index contributed by atoms with van der Waals surface area (Å²) in [7, 11) is 0. The molecule has 10 aromatic rings. The molecule has 0 N–H and O–H groups in total. The van der Waals surface area contributed by atoms with E-state index in [-0.39, 0.29) is 5.41 Å². The summed E-state index contributed by atoms with van der Waals surface area (Å²) in [5, 5.41) is 3.61. The summed E-state index contributed by atoms with van der Waals surface area (Å²) in [6.45, 7) is 4.68. The summed E-state index contributed by atoms with van der Waals surface area (Å²) in [5.74, 6) is 0.682. The monoisotopic (exact) mass is 754 g/mol. The molecule has 59 heavy (non-hydrogen) atoms. The van der Waals surface area contributed by atoms with Gasteiger partial charge >= 0.3 is 0 Å². The van der Waals surface area contributed by atoms with Crippen LogP contribution >= 0.6 is 0 Å². The number of hydrogen-bond donors (Lipinski definition) is 0. The fourth-order valence-corrected chi connectivity index (χ4v) is 8.99. The van der Waals surface area contributed by atoms with E-state index < -0.39 is 0 Å². The molecular weight excluding hydrogens is 717 g/mol. The SMILES string of the molecule is CC1(C)c2ccccc2-c2nc3ccc4ccccc4c3c(-c3ccc(-c4cc(-c5ccc(-c6cccnc6)cc5)nc(-c5ccc(-c6ccccc6)cc5)n4)cc3)c21. The number of fused-ring (bicyclic) bond motifs is 6. The Bertz CT molecular complexity index is 3090. The van der Waals surface area contributed by atoms with Gasteiger partial charge in [0.15, 0.2) is 5.82 Å². The van der Waals surface area contributed by atoms with Crippen LogP contribution in [0, 0.1) is 0 Å². The van der Waals surface area contributed by atoms with Crippen molar-refractivity contribution in [3.63, 3.8) is 0 Å². The highest BCUT2D eigenvalue weighted by Crippen LogP contribution is 2.54. The predicted octanol–water partition coefficient (Wildman–Crippen LogP) is 13.9. The Labute approximate surface area is 343 Å². The van der Waals surface area contributed by atoms with Crippen LogP contribution in [0.1, 0.15) is 25.0 Å². The first-order valence-corrected chi connectivity index (χ1v) is 20.1. The van der Waals surface area contributed by atoms with E-state index >= 15 is 0 Å². The molecule has 0 fully saturated rings. The Kier molecular flexibility index (Phi) is 8.12. The van der Waals surface area contributed by atoms with Crippen molar-refractivity contribution in [2.24, 2.45) is 0 Å². The Balaban J connectivity index is 1.06. The van der Waals surface area contributed by atoms with Gasteiger partial charge in [0.05, 0.1) is 22.6 Å². The molecule has 3 aromatic heterocycles. The number of rotatable bonds is 6. The molecule has 0 aliphatic heterocycles. The first kappa shape index (κ1) is 34.7. The van der Waals surface area contributed by atoms with Crippen LogP contribution in [0.4, 0.5) is 0 Å². The summed E-state index contributed by atoms with van der Waals surface area (Å²) in [4.78, 5) is 20.1. The fraction of sp³-hybridized carbons (Fsp3) is 0.0545. The quantitative estimate of drug-likeness (QED) is 0.159. The Morgan fingerprint density at radius 3 is 1.73 bits per heavy atom. The number of aromatic nitrogens is 4. The average molecular weight is 755 g/mol. The van der Waals surface area contributed by atoms with Crippen molar-refractivity contribution in [1.29, 1.82) is 0 Å². The van der Waals surface area contributed by atoms with Gasteiger partial charge in [-0.3, -0.25) is 4.98 Å². The number of hydrogen-bond acceptors (Lipinski definition) is 4. The van der Waals surface area contributed by atoms with E-state index in [1.165, 1.54) is 44.0 Å². The first-order chi connectivity index (χ1) is 29.0. The molecule has 0 atom stereocenters. The summed E-state index contributed by atoms with van der Waals surface area (Å²) in [6.07, 6.45) is 3.69. The molecular formula is C55H38N4. The highest BCUT2D eigenvalue weighted by molar-refractivity contribution is 6.15. The third-order valence-electron chi connectivity index (χ3n) is 12.0. The zero-order chi connectivity index (χ0) is 39.5. The molecule has 4 heteroatoms. The summed E-state index contributed by atoms with van der Waals surface area (Å²) >= 11 is 0. The molecule has 0 unspecified atom stereocenters. The van der Waals surface area contributed by atoms with E-state index in [9.17, 15) is 0 Å². The Morgan fingerprint density at radius 2 is 1.02 bits per heavy atom. The highest BCUT2D eigenvalue weighted by atomic mass is 14.9.